The van der Waals surface area contributed by atoms with E-state index >= 15 is 0 Å². The van der Waals surface area contributed by atoms with E-state index in [4.69, 9.17) is 5.11 Å². The van der Waals surface area contributed by atoms with Crippen molar-refractivity contribution in [3.8, 4) is 0 Å². The second-order valence-electron chi connectivity index (χ2n) is 4.01. The second kappa shape index (κ2) is 5.90. The number of carbonyl (C=O) groups is 1. The van der Waals surface area contributed by atoms with Gasteiger partial charge in [-0.1, -0.05) is 37.6 Å². The summed E-state index contributed by atoms with van der Waals surface area (Å²) in [5, 5.41) is 22.4. The van der Waals surface area contributed by atoms with E-state index in [1.807, 2.05) is 31.2 Å². The van der Waals surface area contributed by atoms with Gasteiger partial charge in [-0.25, -0.2) is 4.79 Å². The summed E-state index contributed by atoms with van der Waals surface area (Å²) in [6.07, 6.45) is 2.77. The summed E-state index contributed by atoms with van der Waals surface area (Å²) in [4.78, 5) is 11.0. The van der Waals surface area contributed by atoms with Crippen LogP contribution in [0.1, 0.15) is 19.8 Å². The number of nitrogens with one attached hydrogen (secondary N) is 1. The van der Waals surface area contributed by atoms with Gasteiger partial charge < -0.3 is 5.11 Å². The number of nitrogens with zero attached hydrogens (tertiary/aromatic N) is 3. The molecule has 0 unspecified atom stereocenters. The predicted octanol–water partition coefficient (Wildman–Crippen LogP) is 2.28. The second-order valence-corrected chi connectivity index (χ2v) is 4.01. The van der Waals surface area contributed by atoms with Gasteiger partial charge in [0.05, 0.1) is 6.20 Å². The molecule has 0 saturated heterocycles. The molecule has 0 saturated carbocycles. The van der Waals surface area contributed by atoms with Crippen LogP contribution in [0.25, 0.3) is 10.8 Å². The van der Waals surface area contributed by atoms with Gasteiger partial charge in [-0.3, -0.25) is 5.43 Å². The lowest BCUT2D eigenvalue weighted by Crippen LogP contribution is -2.14. The average molecular weight is 258 g/mol. The summed E-state index contributed by atoms with van der Waals surface area (Å²) in [6.45, 7) is 1.90. The Morgan fingerprint density at radius 2 is 2.21 bits per heavy atom. The van der Waals surface area contributed by atoms with Crippen LogP contribution in [-0.2, 0) is 4.79 Å². The zero-order valence-corrected chi connectivity index (χ0v) is 10.5. The van der Waals surface area contributed by atoms with E-state index in [1.54, 1.807) is 6.20 Å². The van der Waals surface area contributed by atoms with Crippen molar-refractivity contribution in [3.63, 3.8) is 0 Å². The molecule has 0 aliphatic carbocycles. The minimum atomic E-state index is -1.03. The van der Waals surface area contributed by atoms with Crippen molar-refractivity contribution in [1.82, 2.24) is 10.2 Å². The number of aliphatic carboxylic acids is 1. The van der Waals surface area contributed by atoms with E-state index in [1.165, 1.54) is 0 Å². The minimum Gasteiger partial charge on any atom is -0.477 e. The summed E-state index contributed by atoms with van der Waals surface area (Å²) >= 11 is 0. The molecular weight excluding hydrogens is 244 g/mol. The number of carboxylic acid groups (broad SMARTS) is 1. The number of hydrogen-bond donors (Lipinski definition) is 2. The number of aromatic nitrogens is 2. The van der Waals surface area contributed by atoms with Gasteiger partial charge in [0.1, 0.15) is 5.71 Å². The van der Waals surface area contributed by atoms with Crippen molar-refractivity contribution in [2.45, 2.75) is 19.8 Å². The van der Waals surface area contributed by atoms with Crippen LogP contribution >= 0.6 is 0 Å². The van der Waals surface area contributed by atoms with Gasteiger partial charge in [0.15, 0.2) is 5.82 Å². The number of anilines is 1. The Bertz CT molecular complexity index is 620. The van der Waals surface area contributed by atoms with E-state index in [9.17, 15) is 4.79 Å². The highest BCUT2D eigenvalue weighted by Crippen LogP contribution is 2.19. The van der Waals surface area contributed by atoms with Crippen molar-refractivity contribution >= 4 is 28.3 Å². The molecule has 0 amide bonds. The number of carboxylic acids is 1. The fourth-order valence-corrected chi connectivity index (χ4v) is 1.68. The van der Waals surface area contributed by atoms with Crippen LogP contribution in [0.5, 0.6) is 0 Å². The first-order chi connectivity index (χ1) is 9.22. The highest BCUT2D eigenvalue weighted by Gasteiger charge is 2.09. The first-order valence-electron chi connectivity index (χ1n) is 5.98. The van der Waals surface area contributed by atoms with E-state index in [0.717, 1.165) is 10.8 Å². The molecule has 6 nitrogen and oxygen atoms in total. The first-order valence-corrected chi connectivity index (χ1v) is 5.98. The fourth-order valence-electron chi connectivity index (χ4n) is 1.68. The summed E-state index contributed by atoms with van der Waals surface area (Å²) in [7, 11) is 0. The number of fused-ring (bicyclic) bond motifs is 1. The molecule has 0 fully saturated rings. The van der Waals surface area contributed by atoms with Gasteiger partial charge in [-0.05, 0) is 6.42 Å². The Morgan fingerprint density at radius 1 is 1.42 bits per heavy atom. The molecule has 0 bridgehead atoms. The van der Waals surface area contributed by atoms with Crippen molar-refractivity contribution in [3.05, 3.63) is 30.5 Å². The maximum atomic E-state index is 11.0. The van der Waals surface area contributed by atoms with E-state index in [-0.39, 0.29) is 5.71 Å². The molecule has 0 aliphatic rings. The maximum Gasteiger partial charge on any atom is 0.352 e. The Labute approximate surface area is 110 Å². The van der Waals surface area contributed by atoms with Gasteiger partial charge in [0.2, 0.25) is 0 Å². The number of benzene rings is 1. The Balaban J connectivity index is 2.30. The molecule has 6 heteroatoms. The molecule has 19 heavy (non-hydrogen) atoms. The largest absolute Gasteiger partial charge is 0.477 e. The number of hydrogen-bond acceptors (Lipinski definition) is 5. The molecular formula is C13H14N4O2. The van der Waals surface area contributed by atoms with Crippen molar-refractivity contribution in [2.24, 2.45) is 5.10 Å². The lowest BCUT2D eigenvalue weighted by atomic mass is 10.2. The van der Waals surface area contributed by atoms with Gasteiger partial charge in [-0.15, -0.1) is 5.10 Å². The lowest BCUT2D eigenvalue weighted by Gasteiger charge is -2.04. The summed E-state index contributed by atoms with van der Waals surface area (Å²) in [6, 6.07) is 7.56. The first kappa shape index (κ1) is 12.9. The van der Waals surface area contributed by atoms with Crippen LogP contribution < -0.4 is 5.43 Å². The highest BCUT2D eigenvalue weighted by atomic mass is 16.4. The lowest BCUT2D eigenvalue weighted by molar-refractivity contribution is -0.129. The quantitative estimate of drug-likeness (QED) is 0.634. The Morgan fingerprint density at radius 3 is 2.95 bits per heavy atom. The van der Waals surface area contributed by atoms with Crippen LogP contribution in [0.3, 0.4) is 0 Å². The van der Waals surface area contributed by atoms with Crippen LogP contribution in [0.4, 0.5) is 5.82 Å². The molecule has 0 radical (unpaired) electrons. The third-order valence-corrected chi connectivity index (χ3v) is 2.60. The summed E-state index contributed by atoms with van der Waals surface area (Å²) in [5.41, 5.74) is 2.77. The molecule has 98 valence electrons. The zero-order valence-electron chi connectivity index (χ0n) is 10.5. The predicted molar refractivity (Wildman–Crippen MR) is 73.1 cm³/mol. The van der Waals surface area contributed by atoms with Crippen LogP contribution in [0.15, 0.2) is 35.6 Å². The molecule has 1 aromatic heterocycles. The van der Waals surface area contributed by atoms with Crippen LogP contribution in [0.2, 0.25) is 0 Å². The topological polar surface area (TPSA) is 87.5 Å². The molecule has 2 rings (SSSR count). The summed E-state index contributed by atoms with van der Waals surface area (Å²) < 4.78 is 0. The smallest absolute Gasteiger partial charge is 0.352 e. The standard InChI is InChI=1S/C13H14N4O2/c1-2-5-11(13(18)19)15-17-12-10-7-4-3-6-9(10)8-14-16-12/h3-4,6-8H,2,5H2,1H3,(H,16,17)(H,18,19)/b15-11+. The van der Waals surface area contributed by atoms with Gasteiger partial charge in [0, 0.05) is 10.8 Å². The van der Waals surface area contributed by atoms with Crippen molar-refractivity contribution in [1.29, 1.82) is 0 Å². The van der Waals surface area contributed by atoms with Gasteiger partial charge in [0.25, 0.3) is 0 Å². The molecule has 0 aliphatic heterocycles. The Kier molecular flexibility index (Phi) is 4.02. The normalized spacial score (nSPS) is 11.5. The fraction of sp³-hybridized carbons (Fsp3) is 0.231. The van der Waals surface area contributed by atoms with Crippen molar-refractivity contribution < 1.29 is 9.90 Å². The van der Waals surface area contributed by atoms with E-state index in [0.29, 0.717) is 18.7 Å². The molecule has 0 spiro atoms. The third kappa shape index (κ3) is 3.04. The number of rotatable bonds is 5. The average Bonchev–Trinajstić information content (AvgIpc) is 2.43. The Hall–Kier alpha value is -2.50. The molecule has 1 heterocycles. The number of hydrazone groups is 1. The molecule has 2 aromatic rings. The highest BCUT2D eigenvalue weighted by molar-refractivity contribution is 6.35. The minimum absolute atomic E-state index is 0.0808. The van der Waals surface area contributed by atoms with Gasteiger partial charge in [-0.2, -0.15) is 10.2 Å². The third-order valence-electron chi connectivity index (χ3n) is 2.60. The molecule has 0 atom stereocenters. The van der Waals surface area contributed by atoms with Gasteiger partial charge >= 0.3 is 5.97 Å². The van der Waals surface area contributed by atoms with Crippen LogP contribution in [0, 0.1) is 0 Å². The summed E-state index contributed by atoms with van der Waals surface area (Å²) in [5.74, 6) is -0.574. The van der Waals surface area contributed by atoms with E-state index < -0.39 is 5.97 Å². The van der Waals surface area contributed by atoms with Crippen molar-refractivity contribution in [2.75, 3.05) is 5.43 Å². The zero-order chi connectivity index (χ0) is 13.7. The van der Waals surface area contributed by atoms with Crippen LogP contribution in [-0.4, -0.2) is 27.0 Å². The SMILES string of the molecule is CCC/C(=N\Nc1nncc2ccccc12)C(=O)O. The maximum absolute atomic E-state index is 11.0. The molecule has 1 aromatic carbocycles. The van der Waals surface area contributed by atoms with E-state index in [2.05, 4.69) is 20.7 Å². The molecule has 2 N–H and O–H groups in total. The monoisotopic (exact) mass is 258 g/mol.